The molecular weight excluding hydrogens is 330 g/mol. The van der Waals surface area contributed by atoms with Crippen LogP contribution in [-0.2, 0) is 0 Å². The number of amides is 2. The molecule has 4 N–H and O–H groups in total. The highest BCUT2D eigenvalue weighted by Crippen LogP contribution is 2.42. The van der Waals surface area contributed by atoms with E-state index in [4.69, 9.17) is 5.73 Å². The number of rotatable bonds is 2. The minimum atomic E-state index is -1.32. The molecule has 1 aromatic heterocycles. The Kier molecular flexibility index (Phi) is 4.10. The smallest absolute Gasteiger partial charge is 0.332 e. The average molecular weight is 351 g/mol. The molecule has 2 amide bonds. The van der Waals surface area contributed by atoms with Crippen LogP contribution in [0.15, 0.2) is 22.6 Å². The molecule has 2 aliphatic rings. The first kappa shape index (κ1) is 16.9. The second-order valence-electron chi connectivity index (χ2n) is 6.55. The summed E-state index contributed by atoms with van der Waals surface area (Å²) in [5, 5.41) is 31.3. The van der Waals surface area contributed by atoms with Gasteiger partial charge >= 0.3 is 6.03 Å². The number of hydrogen-bond acceptors (Lipinski definition) is 6. The number of hydroxylamine groups is 3. The zero-order valence-electron chi connectivity index (χ0n) is 13.7. The molecule has 0 aromatic carbocycles. The summed E-state index contributed by atoms with van der Waals surface area (Å²) in [5.74, 6) is 0. The molecule has 1 fully saturated rings. The summed E-state index contributed by atoms with van der Waals surface area (Å²) in [6, 6.07) is 2.93. The van der Waals surface area contributed by atoms with Crippen LogP contribution in [0, 0.1) is 5.21 Å². The van der Waals surface area contributed by atoms with E-state index in [9.17, 15) is 15.2 Å². The second kappa shape index (κ2) is 5.83. The quantitative estimate of drug-likeness (QED) is 0.428. The summed E-state index contributed by atoms with van der Waals surface area (Å²) in [6.45, 7) is 3.60. The fourth-order valence-corrected chi connectivity index (χ4v) is 4.53. The van der Waals surface area contributed by atoms with E-state index in [0.717, 1.165) is 27.5 Å². The van der Waals surface area contributed by atoms with Crippen LogP contribution in [-0.4, -0.2) is 43.7 Å². The SMILES string of the molecule is CC1(C)C(c2cccs2)=[N+]([O-])[C@@]2(CCCCC2=NNC(N)=O)N1O. The molecule has 0 bridgehead atoms. The maximum atomic E-state index is 13.3. The summed E-state index contributed by atoms with van der Waals surface area (Å²) in [4.78, 5) is 11.8. The maximum absolute atomic E-state index is 13.3. The molecule has 0 unspecified atom stereocenters. The average Bonchev–Trinajstić information content (AvgIpc) is 3.09. The van der Waals surface area contributed by atoms with E-state index in [-0.39, 0.29) is 0 Å². The van der Waals surface area contributed by atoms with E-state index in [1.165, 1.54) is 11.3 Å². The fraction of sp³-hybridized carbons (Fsp3) is 0.533. The molecule has 1 aliphatic heterocycles. The van der Waals surface area contributed by atoms with Crippen molar-refractivity contribution >= 4 is 28.8 Å². The van der Waals surface area contributed by atoms with Gasteiger partial charge in [0.2, 0.25) is 5.71 Å². The van der Waals surface area contributed by atoms with Gasteiger partial charge in [0, 0.05) is 6.42 Å². The summed E-state index contributed by atoms with van der Waals surface area (Å²) in [6.07, 6.45) is 2.53. The number of hydrogen-bond donors (Lipinski definition) is 3. The Balaban J connectivity index is 2.17. The van der Waals surface area contributed by atoms with Crippen molar-refractivity contribution in [2.45, 2.75) is 50.7 Å². The fourth-order valence-electron chi connectivity index (χ4n) is 3.62. The molecule has 1 saturated carbocycles. The lowest BCUT2D eigenvalue weighted by molar-refractivity contribution is -0.568. The molecule has 2 heterocycles. The zero-order chi connectivity index (χ0) is 17.5. The van der Waals surface area contributed by atoms with E-state index >= 15 is 0 Å². The van der Waals surface area contributed by atoms with Crippen LogP contribution in [0.25, 0.3) is 0 Å². The lowest BCUT2D eigenvalue weighted by Crippen LogP contribution is -2.61. The first-order chi connectivity index (χ1) is 11.3. The number of nitrogens with zero attached hydrogens (tertiary/aromatic N) is 3. The monoisotopic (exact) mass is 351 g/mol. The van der Waals surface area contributed by atoms with Gasteiger partial charge in [-0.15, -0.1) is 16.4 Å². The van der Waals surface area contributed by atoms with Gasteiger partial charge in [-0.1, -0.05) is 6.07 Å². The summed E-state index contributed by atoms with van der Waals surface area (Å²) in [7, 11) is 0. The first-order valence-electron chi connectivity index (χ1n) is 7.82. The van der Waals surface area contributed by atoms with E-state index in [0.29, 0.717) is 24.3 Å². The van der Waals surface area contributed by atoms with Crippen LogP contribution in [0.2, 0.25) is 0 Å². The molecule has 0 radical (unpaired) electrons. The van der Waals surface area contributed by atoms with Crippen molar-refractivity contribution in [3.63, 3.8) is 0 Å². The lowest BCUT2D eigenvalue weighted by atomic mass is 9.86. The predicted octanol–water partition coefficient (Wildman–Crippen LogP) is 1.83. The van der Waals surface area contributed by atoms with Crippen LogP contribution < -0.4 is 11.2 Å². The molecule has 1 spiro atoms. The topological polar surface area (TPSA) is 117 Å². The number of urea groups is 1. The highest BCUT2D eigenvalue weighted by molar-refractivity contribution is 7.12. The van der Waals surface area contributed by atoms with E-state index in [2.05, 4.69) is 10.5 Å². The van der Waals surface area contributed by atoms with Crippen molar-refractivity contribution in [2.24, 2.45) is 10.8 Å². The van der Waals surface area contributed by atoms with Crippen LogP contribution in [0.3, 0.4) is 0 Å². The van der Waals surface area contributed by atoms with Gasteiger partial charge < -0.3 is 16.1 Å². The van der Waals surface area contributed by atoms with Gasteiger partial charge in [-0.2, -0.15) is 9.84 Å². The van der Waals surface area contributed by atoms with Crippen molar-refractivity contribution in [1.82, 2.24) is 10.5 Å². The van der Waals surface area contributed by atoms with Gasteiger partial charge in [0.1, 0.15) is 11.3 Å². The van der Waals surface area contributed by atoms with Crippen LogP contribution in [0.5, 0.6) is 0 Å². The zero-order valence-corrected chi connectivity index (χ0v) is 14.5. The van der Waals surface area contributed by atoms with Gasteiger partial charge in [0.15, 0.2) is 0 Å². The third-order valence-corrected chi connectivity index (χ3v) is 5.58. The lowest BCUT2D eigenvalue weighted by Gasteiger charge is -2.38. The number of nitrogens with one attached hydrogen (secondary N) is 1. The van der Waals surface area contributed by atoms with Crippen molar-refractivity contribution < 1.29 is 14.7 Å². The molecular formula is C15H21N5O3S. The summed E-state index contributed by atoms with van der Waals surface area (Å²) < 4.78 is 0.861. The molecule has 8 nitrogen and oxygen atoms in total. The van der Waals surface area contributed by atoms with E-state index in [1.54, 1.807) is 13.8 Å². The molecule has 1 aliphatic carbocycles. The number of primary amides is 1. The normalized spacial score (nSPS) is 28.7. The highest BCUT2D eigenvalue weighted by atomic mass is 32.1. The van der Waals surface area contributed by atoms with Crippen molar-refractivity contribution in [3.05, 3.63) is 27.6 Å². The van der Waals surface area contributed by atoms with Gasteiger partial charge in [-0.05, 0) is 44.6 Å². The summed E-state index contributed by atoms with van der Waals surface area (Å²) >= 11 is 1.45. The van der Waals surface area contributed by atoms with Gasteiger partial charge in [-0.3, -0.25) is 0 Å². The highest BCUT2D eigenvalue weighted by Gasteiger charge is 2.65. The van der Waals surface area contributed by atoms with Gasteiger partial charge in [0.25, 0.3) is 5.66 Å². The molecule has 1 atom stereocenters. The van der Waals surface area contributed by atoms with Crippen LogP contribution in [0.1, 0.15) is 44.4 Å². The third kappa shape index (κ3) is 2.31. The number of nitrogens with two attached hydrogens (primary N) is 1. The molecule has 3 rings (SSSR count). The molecule has 24 heavy (non-hydrogen) atoms. The summed E-state index contributed by atoms with van der Waals surface area (Å²) in [5.41, 5.74) is 6.00. The number of carbonyl (C=O) groups excluding carboxylic acids is 1. The number of hydrazone groups is 1. The Morgan fingerprint density at radius 3 is 2.92 bits per heavy atom. The van der Waals surface area contributed by atoms with Crippen molar-refractivity contribution in [2.75, 3.05) is 0 Å². The van der Waals surface area contributed by atoms with Crippen molar-refractivity contribution in [1.29, 1.82) is 0 Å². The molecule has 1 aromatic rings. The number of carbonyl (C=O) groups is 1. The first-order valence-corrected chi connectivity index (χ1v) is 8.70. The van der Waals surface area contributed by atoms with E-state index in [1.807, 2.05) is 17.5 Å². The Labute approximate surface area is 143 Å². The van der Waals surface area contributed by atoms with Crippen LogP contribution in [0.4, 0.5) is 4.79 Å². The third-order valence-electron chi connectivity index (χ3n) is 4.71. The van der Waals surface area contributed by atoms with Crippen molar-refractivity contribution in [3.8, 4) is 0 Å². The van der Waals surface area contributed by atoms with Gasteiger partial charge in [0.05, 0.1) is 4.88 Å². The minimum absolute atomic E-state index is 0.421. The molecule has 130 valence electrons. The Morgan fingerprint density at radius 2 is 2.29 bits per heavy atom. The van der Waals surface area contributed by atoms with E-state index < -0.39 is 17.2 Å². The standard InChI is InChI=1S/C15H21N5O3S/c1-14(2)12(10-6-5-9-24-10)19(22)15(20(14)23)8-4-3-7-11(15)17-18-13(16)21/h5-6,9,23H,3-4,7-8H2,1-2H3,(H3,16,18,21)/t15-/m0/s1. The van der Waals surface area contributed by atoms with Crippen LogP contribution >= 0.6 is 11.3 Å². The molecule has 9 heteroatoms. The Bertz CT molecular complexity index is 713. The largest absolute Gasteiger partial charge is 0.622 e. The second-order valence-corrected chi connectivity index (χ2v) is 7.50. The van der Waals surface area contributed by atoms with Gasteiger partial charge in [-0.25, -0.2) is 10.2 Å². The Hall–Kier alpha value is -1.97. The molecule has 0 saturated heterocycles. The minimum Gasteiger partial charge on any atom is -0.622 e. The predicted molar refractivity (Wildman–Crippen MR) is 91.1 cm³/mol. The Morgan fingerprint density at radius 1 is 1.54 bits per heavy atom. The number of thiophene rings is 1. The maximum Gasteiger partial charge on any atom is 0.332 e.